The van der Waals surface area contributed by atoms with Gasteiger partial charge in [0.15, 0.2) is 0 Å². The first-order valence-electron chi connectivity index (χ1n) is 9.23. The van der Waals surface area contributed by atoms with Gasteiger partial charge in [0.1, 0.15) is 17.6 Å². The van der Waals surface area contributed by atoms with E-state index in [0.29, 0.717) is 25.3 Å². The molecule has 1 aromatic heterocycles. The van der Waals surface area contributed by atoms with Crippen LogP contribution in [0.1, 0.15) is 37.7 Å². The van der Waals surface area contributed by atoms with Crippen molar-refractivity contribution in [3.05, 3.63) is 35.7 Å². The monoisotopic (exact) mass is 408 g/mol. The van der Waals surface area contributed by atoms with Crippen LogP contribution in [0.3, 0.4) is 0 Å². The van der Waals surface area contributed by atoms with Gasteiger partial charge in [-0.05, 0) is 46.9 Å². The van der Waals surface area contributed by atoms with Gasteiger partial charge in [-0.2, -0.15) is 0 Å². The van der Waals surface area contributed by atoms with Gasteiger partial charge in [0, 0.05) is 25.6 Å². The van der Waals surface area contributed by atoms with Crippen molar-refractivity contribution in [2.24, 2.45) is 11.1 Å². The number of carbonyl (C=O) groups excluding carboxylic acids is 1. The summed E-state index contributed by atoms with van der Waals surface area (Å²) in [6.45, 7) is 7.30. The Morgan fingerprint density at radius 1 is 1.43 bits per heavy atom. The van der Waals surface area contributed by atoms with Gasteiger partial charge in [-0.25, -0.2) is 4.68 Å². The van der Waals surface area contributed by atoms with Crippen molar-refractivity contribution >= 4 is 18.3 Å². The smallest absolute Gasteiger partial charge is 0.247 e. The minimum absolute atomic E-state index is 0. The quantitative estimate of drug-likeness (QED) is 0.809. The van der Waals surface area contributed by atoms with Gasteiger partial charge >= 0.3 is 0 Å². The van der Waals surface area contributed by atoms with Gasteiger partial charge in [0.2, 0.25) is 5.91 Å². The lowest BCUT2D eigenvalue weighted by atomic mass is 9.79. The van der Waals surface area contributed by atoms with E-state index in [0.717, 1.165) is 17.7 Å². The van der Waals surface area contributed by atoms with Crippen molar-refractivity contribution in [2.75, 3.05) is 20.2 Å². The molecule has 2 aromatic rings. The Morgan fingerprint density at radius 3 is 2.79 bits per heavy atom. The van der Waals surface area contributed by atoms with Crippen LogP contribution in [0.25, 0.3) is 0 Å². The first kappa shape index (κ1) is 22.1. The van der Waals surface area contributed by atoms with Crippen molar-refractivity contribution in [3.63, 3.8) is 0 Å². The SMILES string of the molecule is COc1cccc(CC(C(=O)N2CCC(N)C(C)(C)C2)n2nnnc2C)c1.Cl. The minimum atomic E-state index is -0.503. The molecule has 3 rings (SSSR count). The number of methoxy groups -OCH3 is 1. The molecule has 0 spiro atoms. The molecule has 2 atom stereocenters. The van der Waals surface area contributed by atoms with Crippen LogP contribution in [0, 0.1) is 12.3 Å². The van der Waals surface area contributed by atoms with Crippen molar-refractivity contribution in [3.8, 4) is 5.75 Å². The fraction of sp³-hybridized carbons (Fsp3) is 0.579. The molecule has 0 radical (unpaired) electrons. The molecule has 1 amide bonds. The number of carbonyl (C=O) groups is 1. The maximum Gasteiger partial charge on any atom is 0.247 e. The second kappa shape index (κ2) is 8.87. The first-order valence-corrected chi connectivity index (χ1v) is 9.23. The summed E-state index contributed by atoms with van der Waals surface area (Å²) in [7, 11) is 1.63. The Bertz CT molecular complexity index is 809. The summed E-state index contributed by atoms with van der Waals surface area (Å²) in [5.41, 5.74) is 7.11. The molecule has 1 aromatic carbocycles. The molecule has 2 N–H and O–H groups in total. The molecule has 1 aliphatic rings. The third kappa shape index (κ3) is 4.62. The highest BCUT2D eigenvalue weighted by atomic mass is 35.5. The molecule has 0 bridgehead atoms. The summed E-state index contributed by atoms with van der Waals surface area (Å²) in [5, 5.41) is 11.8. The van der Waals surface area contributed by atoms with Gasteiger partial charge in [-0.3, -0.25) is 4.79 Å². The predicted octanol–water partition coefficient (Wildman–Crippen LogP) is 1.78. The number of tetrazole rings is 1. The Morgan fingerprint density at radius 2 is 2.18 bits per heavy atom. The van der Waals surface area contributed by atoms with Crippen LogP contribution in [0.2, 0.25) is 0 Å². The predicted molar refractivity (Wildman–Crippen MR) is 108 cm³/mol. The molecular formula is C19H29ClN6O2. The average molecular weight is 409 g/mol. The Kier molecular flexibility index (Phi) is 7.01. The van der Waals surface area contributed by atoms with Crippen LogP contribution in [0.4, 0.5) is 0 Å². The van der Waals surface area contributed by atoms with Crippen molar-refractivity contribution in [1.82, 2.24) is 25.1 Å². The lowest BCUT2D eigenvalue weighted by molar-refractivity contribution is -0.138. The van der Waals surface area contributed by atoms with E-state index in [-0.39, 0.29) is 29.8 Å². The van der Waals surface area contributed by atoms with Crippen LogP contribution < -0.4 is 10.5 Å². The number of nitrogens with zero attached hydrogens (tertiary/aromatic N) is 5. The molecular weight excluding hydrogens is 380 g/mol. The zero-order valence-corrected chi connectivity index (χ0v) is 17.6. The molecule has 9 heteroatoms. The highest BCUT2D eigenvalue weighted by Gasteiger charge is 2.38. The molecule has 28 heavy (non-hydrogen) atoms. The van der Waals surface area contributed by atoms with Crippen molar-refractivity contribution in [2.45, 2.75) is 45.7 Å². The maximum absolute atomic E-state index is 13.4. The number of ether oxygens (including phenoxy) is 1. The molecule has 2 unspecified atom stereocenters. The summed E-state index contributed by atoms with van der Waals surface area (Å²) in [6.07, 6.45) is 1.28. The lowest BCUT2D eigenvalue weighted by Gasteiger charge is -2.43. The normalized spacial score (nSPS) is 19.6. The lowest BCUT2D eigenvalue weighted by Crippen LogP contribution is -2.55. The number of hydrogen-bond acceptors (Lipinski definition) is 6. The number of aryl methyl sites for hydroxylation is 1. The third-order valence-corrected chi connectivity index (χ3v) is 5.42. The first-order chi connectivity index (χ1) is 12.8. The number of amides is 1. The van der Waals surface area contributed by atoms with E-state index in [4.69, 9.17) is 10.5 Å². The van der Waals surface area contributed by atoms with E-state index in [9.17, 15) is 4.79 Å². The zero-order chi connectivity index (χ0) is 19.6. The molecule has 0 saturated carbocycles. The molecule has 8 nitrogen and oxygen atoms in total. The highest BCUT2D eigenvalue weighted by molar-refractivity contribution is 5.85. The molecule has 2 heterocycles. The van der Waals surface area contributed by atoms with Gasteiger partial charge < -0.3 is 15.4 Å². The Hall–Kier alpha value is -2.19. The van der Waals surface area contributed by atoms with E-state index < -0.39 is 6.04 Å². The maximum atomic E-state index is 13.4. The third-order valence-electron chi connectivity index (χ3n) is 5.42. The minimum Gasteiger partial charge on any atom is -0.497 e. The number of halogens is 1. The topological polar surface area (TPSA) is 99.2 Å². The van der Waals surface area contributed by atoms with Gasteiger partial charge in [0.05, 0.1) is 7.11 Å². The van der Waals surface area contributed by atoms with Crippen molar-refractivity contribution < 1.29 is 9.53 Å². The molecule has 0 aliphatic carbocycles. The molecule has 1 fully saturated rings. The Balaban J connectivity index is 0.00000280. The molecule has 1 saturated heterocycles. The van der Waals surface area contributed by atoms with Gasteiger partial charge in [-0.1, -0.05) is 26.0 Å². The fourth-order valence-electron chi connectivity index (χ4n) is 3.60. The highest BCUT2D eigenvalue weighted by Crippen LogP contribution is 2.30. The number of aromatic nitrogens is 4. The largest absolute Gasteiger partial charge is 0.497 e. The van der Waals surface area contributed by atoms with E-state index in [2.05, 4.69) is 29.4 Å². The number of likely N-dealkylation sites (tertiary alicyclic amines) is 1. The molecule has 154 valence electrons. The number of benzene rings is 1. The zero-order valence-electron chi connectivity index (χ0n) is 16.8. The second-order valence-corrected chi connectivity index (χ2v) is 7.89. The second-order valence-electron chi connectivity index (χ2n) is 7.89. The number of hydrogen-bond donors (Lipinski definition) is 1. The van der Waals surface area contributed by atoms with E-state index in [1.165, 1.54) is 0 Å². The van der Waals surface area contributed by atoms with Gasteiger partial charge in [-0.15, -0.1) is 17.5 Å². The number of piperidine rings is 1. The standard InChI is InChI=1S/C19H28N6O2.ClH/c1-13-21-22-23-25(13)16(11-14-6-5-7-15(10-14)27-4)18(26)24-9-8-17(20)19(2,3)12-24;/h5-7,10,16-17H,8-9,11-12,20H2,1-4H3;1H. The number of nitrogens with two attached hydrogens (primary N) is 1. The summed E-state index contributed by atoms with van der Waals surface area (Å²) in [4.78, 5) is 15.3. The van der Waals surface area contributed by atoms with E-state index in [1.54, 1.807) is 11.8 Å². The fourth-order valence-corrected chi connectivity index (χ4v) is 3.60. The summed E-state index contributed by atoms with van der Waals surface area (Å²) >= 11 is 0. The van der Waals surface area contributed by atoms with Gasteiger partial charge in [0.25, 0.3) is 0 Å². The van der Waals surface area contributed by atoms with E-state index in [1.807, 2.05) is 36.1 Å². The average Bonchev–Trinajstić information content (AvgIpc) is 3.07. The summed E-state index contributed by atoms with van der Waals surface area (Å²) in [5.74, 6) is 1.40. The summed E-state index contributed by atoms with van der Waals surface area (Å²) < 4.78 is 6.92. The Labute approximate surface area is 171 Å². The van der Waals surface area contributed by atoms with Crippen LogP contribution >= 0.6 is 12.4 Å². The van der Waals surface area contributed by atoms with Crippen LogP contribution in [-0.4, -0.2) is 57.3 Å². The van der Waals surface area contributed by atoms with Crippen molar-refractivity contribution in [1.29, 1.82) is 0 Å². The van der Waals surface area contributed by atoms with Crippen LogP contribution in [0.15, 0.2) is 24.3 Å². The van der Waals surface area contributed by atoms with E-state index >= 15 is 0 Å². The van der Waals surface area contributed by atoms with Crippen LogP contribution in [-0.2, 0) is 11.2 Å². The van der Waals surface area contributed by atoms with Crippen LogP contribution in [0.5, 0.6) is 5.75 Å². The number of rotatable bonds is 5. The summed E-state index contributed by atoms with van der Waals surface area (Å²) in [6, 6.07) is 7.32. The molecule has 1 aliphatic heterocycles.